The minimum Gasteiger partial charge on any atom is -0.507 e. The number of phenols is 1. The Hall–Kier alpha value is -3.09. The molecule has 0 radical (unpaired) electrons. The van der Waals surface area contributed by atoms with E-state index in [1.807, 2.05) is 24.3 Å². The number of anilines is 1. The third-order valence-electron chi connectivity index (χ3n) is 3.88. The van der Waals surface area contributed by atoms with Crippen LogP contribution in [0.5, 0.6) is 5.75 Å². The number of amides is 2. The highest BCUT2D eigenvalue weighted by Crippen LogP contribution is 2.29. The lowest BCUT2D eigenvalue weighted by molar-refractivity contribution is -0.126. The van der Waals surface area contributed by atoms with Crippen LogP contribution < -0.4 is 10.7 Å². The molecule has 142 valence electrons. The van der Waals surface area contributed by atoms with Crippen LogP contribution in [0, 0.1) is 0 Å². The number of rotatable bonds is 5. The summed E-state index contributed by atoms with van der Waals surface area (Å²) in [5.74, 6) is -1.15. The molecular weight excluding hydrogens is 401 g/mol. The fraction of sp³-hybridized carbons (Fsp3) is 0.0500. The zero-order chi connectivity index (χ0) is 20.1. The van der Waals surface area contributed by atoms with Gasteiger partial charge in [0.1, 0.15) is 12.2 Å². The monoisotopic (exact) mass is 415 g/mol. The van der Waals surface area contributed by atoms with Gasteiger partial charge in [-0.2, -0.15) is 5.10 Å². The molecule has 0 saturated carbocycles. The van der Waals surface area contributed by atoms with E-state index in [1.165, 1.54) is 6.21 Å². The topological polar surface area (TPSA) is 90.8 Å². The molecule has 0 aliphatic rings. The van der Waals surface area contributed by atoms with E-state index in [0.717, 1.165) is 10.8 Å². The molecule has 3 aromatic carbocycles. The Morgan fingerprint density at radius 1 is 1.00 bits per heavy atom. The van der Waals surface area contributed by atoms with Gasteiger partial charge in [0, 0.05) is 5.56 Å². The highest BCUT2D eigenvalue weighted by atomic mass is 35.5. The number of hydrogen-bond acceptors (Lipinski definition) is 4. The van der Waals surface area contributed by atoms with Gasteiger partial charge < -0.3 is 10.4 Å². The highest BCUT2D eigenvalue weighted by molar-refractivity contribution is 6.44. The van der Waals surface area contributed by atoms with E-state index < -0.39 is 18.2 Å². The first kappa shape index (κ1) is 19.7. The van der Waals surface area contributed by atoms with Crippen LogP contribution in [-0.4, -0.2) is 23.1 Å². The van der Waals surface area contributed by atoms with Crippen molar-refractivity contribution in [2.24, 2.45) is 5.10 Å². The molecule has 0 unspecified atom stereocenters. The molecule has 0 fully saturated rings. The molecule has 0 spiro atoms. The Labute approximate surface area is 170 Å². The number of carbonyl (C=O) groups is 2. The molecule has 0 heterocycles. The Balaban J connectivity index is 1.62. The molecule has 8 heteroatoms. The zero-order valence-corrected chi connectivity index (χ0v) is 16.0. The van der Waals surface area contributed by atoms with Gasteiger partial charge in [0.2, 0.25) is 11.8 Å². The Morgan fingerprint density at radius 3 is 2.61 bits per heavy atom. The second-order valence-electron chi connectivity index (χ2n) is 5.84. The van der Waals surface area contributed by atoms with Crippen molar-refractivity contribution in [3.63, 3.8) is 0 Å². The van der Waals surface area contributed by atoms with Crippen molar-refractivity contribution in [2.45, 2.75) is 6.42 Å². The quantitative estimate of drug-likeness (QED) is 0.329. The summed E-state index contributed by atoms with van der Waals surface area (Å²) < 4.78 is 0. The first-order valence-electron chi connectivity index (χ1n) is 8.22. The van der Waals surface area contributed by atoms with Gasteiger partial charge in [-0.1, -0.05) is 59.6 Å². The predicted molar refractivity (Wildman–Crippen MR) is 111 cm³/mol. The van der Waals surface area contributed by atoms with Gasteiger partial charge in [-0.05, 0) is 29.0 Å². The predicted octanol–water partition coefficient (Wildman–Crippen LogP) is 4.33. The Morgan fingerprint density at radius 2 is 1.79 bits per heavy atom. The molecule has 3 aromatic rings. The molecule has 3 N–H and O–H groups in total. The molecular formula is C20H15Cl2N3O3. The largest absolute Gasteiger partial charge is 0.507 e. The van der Waals surface area contributed by atoms with Gasteiger partial charge in [0.05, 0.1) is 21.9 Å². The average molecular weight is 416 g/mol. The lowest BCUT2D eigenvalue weighted by Crippen LogP contribution is -2.24. The SMILES string of the molecule is O=C(CC(=O)Nc1cccc(Cl)c1Cl)N/N=C/c1c(O)ccc2ccccc12. The van der Waals surface area contributed by atoms with Crippen LogP contribution in [0.3, 0.4) is 0 Å². The molecule has 0 aromatic heterocycles. The summed E-state index contributed by atoms with van der Waals surface area (Å²) in [5.41, 5.74) is 3.05. The molecule has 0 aliphatic heterocycles. The molecule has 6 nitrogen and oxygen atoms in total. The second-order valence-corrected chi connectivity index (χ2v) is 6.62. The minimum atomic E-state index is -0.619. The van der Waals surface area contributed by atoms with E-state index in [1.54, 1.807) is 30.3 Å². The molecule has 0 saturated heterocycles. The van der Waals surface area contributed by atoms with Crippen LogP contribution in [0.2, 0.25) is 10.0 Å². The minimum absolute atomic E-state index is 0.0324. The van der Waals surface area contributed by atoms with Crippen molar-refractivity contribution in [1.29, 1.82) is 0 Å². The fourth-order valence-electron chi connectivity index (χ4n) is 2.57. The first-order valence-corrected chi connectivity index (χ1v) is 8.98. The summed E-state index contributed by atoms with van der Waals surface area (Å²) >= 11 is 11.9. The number of nitrogens with one attached hydrogen (secondary N) is 2. The summed E-state index contributed by atoms with van der Waals surface area (Å²) in [5, 5.41) is 18.6. The maximum atomic E-state index is 12.0. The Kier molecular flexibility index (Phi) is 6.13. The third-order valence-corrected chi connectivity index (χ3v) is 4.70. The van der Waals surface area contributed by atoms with Crippen LogP contribution >= 0.6 is 23.2 Å². The van der Waals surface area contributed by atoms with Gasteiger partial charge in [-0.15, -0.1) is 0 Å². The maximum absolute atomic E-state index is 12.0. The van der Waals surface area contributed by atoms with Gasteiger partial charge in [-0.3, -0.25) is 9.59 Å². The number of carbonyl (C=O) groups excluding carboxylic acids is 2. The number of aromatic hydroxyl groups is 1. The smallest absolute Gasteiger partial charge is 0.249 e. The molecule has 3 rings (SSSR count). The van der Waals surface area contributed by atoms with Crippen molar-refractivity contribution in [1.82, 2.24) is 5.43 Å². The third kappa shape index (κ3) is 4.60. The fourth-order valence-corrected chi connectivity index (χ4v) is 2.92. The number of hydrazone groups is 1. The van der Waals surface area contributed by atoms with Crippen LogP contribution in [0.15, 0.2) is 59.7 Å². The molecule has 0 aliphatic carbocycles. The summed E-state index contributed by atoms with van der Waals surface area (Å²) in [4.78, 5) is 23.9. The van der Waals surface area contributed by atoms with E-state index in [-0.39, 0.29) is 10.8 Å². The standard InChI is InChI=1S/C20H15Cl2N3O3/c21-15-6-3-7-16(20(15)22)24-18(27)10-19(28)25-23-11-14-13-5-2-1-4-12(13)8-9-17(14)26/h1-9,11,26H,10H2,(H,24,27)(H,25,28)/b23-11+. The van der Waals surface area contributed by atoms with Crippen LogP contribution in [0.25, 0.3) is 10.8 Å². The average Bonchev–Trinajstić information content (AvgIpc) is 2.67. The van der Waals surface area contributed by atoms with Crippen LogP contribution in [0.4, 0.5) is 5.69 Å². The van der Waals surface area contributed by atoms with E-state index >= 15 is 0 Å². The van der Waals surface area contributed by atoms with Crippen molar-refractivity contribution in [3.8, 4) is 5.75 Å². The maximum Gasteiger partial charge on any atom is 0.249 e. The van der Waals surface area contributed by atoms with E-state index in [0.29, 0.717) is 16.3 Å². The molecule has 2 amide bonds. The summed E-state index contributed by atoms with van der Waals surface area (Å²) in [7, 11) is 0. The molecule has 0 bridgehead atoms. The van der Waals surface area contributed by atoms with Crippen molar-refractivity contribution >= 4 is 57.7 Å². The van der Waals surface area contributed by atoms with Gasteiger partial charge in [0.15, 0.2) is 0 Å². The van der Waals surface area contributed by atoms with E-state index in [9.17, 15) is 14.7 Å². The van der Waals surface area contributed by atoms with Gasteiger partial charge in [0.25, 0.3) is 0 Å². The number of nitrogens with zero attached hydrogens (tertiary/aromatic N) is 1. The number of benzene rings is 3. The number of hydrogen-bond donors (Lipinski definition) is 3. The Bertz CT molecular complexity index is 1080. The summed E-state index contributed by atoms with van der Waals surface area (Å²) in [6.45, 7) is 0. The van der Waals surface area contributed by atoms with Gasteiger partial charge >= 0.3 is 0 Å². The van der Waals surface area contributed by atoms with Crippen molar-refractivity contribution in [3.05, 3.63) is 70.2 Å². The second kappa shape index (κ2) is 8.73. The lowest BCUT2D eigenvalue weighted by atomic mass is 10.0. The molecule has 0 atom stereocenters. The normalized spacial score (nSPS) is 10.9. The van der Waals surface area contributed by atoms with Crippen LogP contribution in [0.1, 0.15) is 12.0 Å². The zero-order valence-electron chi connectivity index (χ0n) is 14.4. The van der Waals surface area contributed by atoms with Gasteiger partial charge in [-0.25, -0.2) is 5.43 Å². The van der Waals surface area contributed by atoms with Crippen molar-refractivity contribution < 1.29 is 14.7 Å². The summed E-state index contributed by atoms with van der Waals surface area (Å²) in [6.07, 6.45) is 0.878. The van der Waals surface area contributed by atoms with Crippen molar-refractivity contribution in [2.75, 3.05) is 5.32 Å². The highest BCUT2D eigenvalue weighted by Gasteiger charge is 2.12. The van der Waals surface area contributed by atoms with E-state index in [4.69, 9.17) is 23.2 Å². The number of halogens is 2. The lowest BCUT2D eigenvalue weighted by Gasteiger charge is -2.07. The van der Waals surface area contributed by atoms with E-state index in [2.05, 4.69) is 15.8 Å². The summed E-state index contributed by atoms with van der Waals surface area (Å²) in [6, 6.07) is 15.6. The number of fused-ring (bicyclic) bond motifs is 1. The molecule has 28 heavy (non-hydrogen) atoms. The first-order chi connectivity index (χ1) is 13.5. The number of phenolic OH excluding ortho intramolecular Hbond substituents is 1. The van der Waals surface area contributed by atoms with Crippen LogP contribution in [-0.2, 0) is 9.59 Å².